The number of hydrogen-bond acceptors (Lipinski definition) is 3. The molecule has 3 nitrogen and oxygen atoms in total. The Balaban J connectivity index is 2.20. The van der Waals surface area contributed by atoms with E-state index in [1.54, 1.807) is 0 Å². The Hall–Kier alpha value is -0.640. The molecule has 2 heterocycles. The van der Waals surface area contributed by atoms with Crippen LogP contribution >= 0.6 is 15.9 Å². The van der Waals surface area contributed by atoms with E-state index in [-0.39, 0.29) is 0 Å². The zero-order valence-corrected chi connectivity index (χ0v) is 10.1. The minimum absolute atomic E-state index is 0.603. The zero-order valence-electron chi connectivity index (χ0n) is 8.50. The normalized spacial score (nSPS) is 21.6. The van der Waals surface area contributed by atoms with Crippen molar-refractivity contribution in [3.05, 3.63) is 17.6 Å². The van der Waals surface area contributed by atoms with Crippen molar-refractivity contribution in [3.63, 3.8) is 0 Å². The van der Waals surface area contributed by atoms with Gasteiger partial charge in [0.05, 0.1) is 17.6 Å². The average Bonchev–Trinajstić information content (AvgIpc) is 2.57. The number of halogens is 1. The van der Waals surface area contributed by atoms with E-state index in [9.17, 15) is 0 Å². The third-order valence-corrected chi connectivity index (χ3v) is 3.38. The SMILES string of the molecule is Cc1ncc(N2CCC(Br)C2)nc1C. The highest BCUT2D eigenvalue weighted by Gasteiger charge is 2.21. The van der Waals surface area contributed by atoms with E-state index < -0.39 is 0 Å². The standard InChI is InChI=1S/C10H14BrN3/c1-7-8(2)13-10(5-12-7)14-4-3-9(11)6-14/h5,9H,3-4,6H2,1-2H3. The maximum absolute atomic E-state index is 4.53. The smallest absolute Gasteiger partial charge is 0.147 e. The molecule has 0 spiro atoms. The minimum Gasteiger partial charge on any atom is -0.354 e. The molecule has 0 N–H and O–H groups in total. The predicted molar refractivity (Wildman–Crippen MR) is 61.1 cm³/mol. The number of aromatic nitrogens is 2. The molecule has 1 aliphatic heterocycles. The summed E-state index contributed by atoms with van der Waals surface area (Å²) in [5.74, 6) is 1.01. The summed E-state index contributed by atoms with van der Waals surface area (Å²) in [6.07, 6.45) is 3.06. The summed E-state index contributed by atoms with van der Waals surface area (Å²) in [5.41, 5.74) is 2.05. The molecule has 1 aromatic heterocycles. The van der Waals surface area contributed by atoms with Gasteiger partial charge >= 0.3 is 0 Å². The van der Waals surface area contributed by atoms with Crippen LogP contribution in [0.3, 0.4) is 0 Å². The summed E-state index contributed by atoms with van der Waals surface area (Å²) in [6.45, 7) is 6.11. The minimum atomic E-state index is 0.603. The van der Waals surface area contributed by atoms with Crippen molar-refractivity contribution >= 4 is 21.7 Å². The summed E-state index contributed by atoms with van der Waals surface area (Å²) in [5, 5.41) is 0. The first-order valence-corrected chi connectivity index (χ1v) is 5.77. The molecule has 1 aliphatic rings. The van der Waals surface area contributed by atoms with Gasteiger partial charge in [-0.3, -0.25) is 4.98 Å². The lowest BCUT2D eigenvalue weighted by Gasteiger charge is -2.16. The van der Waals surface area contributed by atoms with Crippen molar-refractivity contribution in [1.29, 1.82) is 0 Å². The van der Waals surface area contributed by atoms with Gasteiger partial charge in [0.15, 0.2) is 0 Å². The van der Waals surface area contributed by atoms with E-state index in [2.05, 4.69) is 30.8 Å². The second-order valence-electron chi connectivity index (χ2n) is 3.73. The summed E-state index contributed by atoms with van der Waals surface area (Å²) in [7, 11) is 0. The zero-order chi connectivity index (χ0) is 10.1. The Morgan fingerprint density at radius 1 is 1.43 bits per heavy atom. The molecule has 1 saturated heterocycles. The second kappa shape index (κ2) is 3.85. The fraction of sp³-hybridized carbons (Fsp3) is 0.600. The summed E-state index contributed by atoms with van der Waals surface area (Å²) < 4.78 is 0. The van der Waals surface area contributed by atoms with Crippen LogP contribution in [0.2, 0.25) is 0 Å². The van der Waals surface area contributed by atoms with Gasteiger partial charge in [-0.2, -0.15) is 0 Å². The third kappa shape index (κ3) is 1.90. The monoisotopic (exact) mass is 255 g/mol. The van der Waals surface area contributed by atoms with E-state index in [0.29, 0.717) is 4.83 Å². The summed E-state index contributed by atoms with van der Waals surface area (Å²) in [6, 6.07) is 0. The van der Waals surface area contributed by atoms with Crippen molar-refractivity contribution in [1.82, 2.24) is 9.97 Å². The lowest BCUT2D eigenvalue weighted by molar-refractivity contribution is 0.906. The van der Waals surface area contributed by atoms with E-state index >= 15 is 0 Å². The maximum Gasteiger partial charge on any atom is 0.147 e. The molecule has 0 amide bonds. The van der Waals surface area contributed by atoms with E-state index in [4.69, 9.17) is 0 Å². The Kier molecular flexibility index (Phi) is 2.72. The first-order chi connectivity index (χ1) is 6.66. The van der Waals surface area contributed by atoms with Gasteiger partial charge in [0.1, 0.15) is 5.82 Å². The van der Waals surface area contributed by atoms with Gasteiger partial charge in [-0.25, -0.2) is 4.98 Å². The van der Waals surface area contributed by atoms with Crippen LogP contribution in [0.25, 0.3) is 0 Å². The number of rotatable bonds is 1. The Morgan fingerprint density at radius 2 is 2.21 bits per heavy atom. The molecular formula is C10H14BrN3. The fourth-order valence-corrected chi connectivity index (χ4v) is 2.16. The number of aryl methyl sites for hydroxylation is 2. The van der Waals surface area contributed by atoms with E-state index in [0.717, 1.165) is 30.3 Å². The molecule has 2 rings (SSSR count). The largest absolute Gasteiger partial charge is 0.354 e. The molecule has 0 aromatic carbocycles. The lowest BCUT2D eigenvalue weighted by atomic mass is 10.3. The maximum atomic E-state index is 4.53. The predicted octanol–water partition coefficient (Wildman–Crippen LogP) is 2.07. The van der Waals surface area contributed by atoms with E-state index in [1.807, 2.05) is 20.0 Å². The van der Waals surface area contributed by atoms with Crippen molar-refractivity contribution in [2.24, 2.45) is 0 Å². The Morgan fingerprint density at radius 3 is 2.79 bits per heavy atom. The molecule has 76 valence electrons. The van der Waals surface area contributed by atoms with Crippen LogP contribution in [-0.4, -0.2) is 27.9 Å². The fourth-order valence-electron chi connectivity index (χ4n) is 1.61. The number of nitrogens with zero attached hydrogens (tertiary/aromatic N) is 3. The van der Waals surface area contributed by atoms with Crippen LogP contribution < -0.4 is 4.90 Å². The van der Waals surface area contributed by atoms with Gasteiger partial charge < -0.3 is 4.90 Å². The van der Waals surface area contributed by atoms with Gasteiger partial charge in [0, 0.05) is 17.9 Å². The van der Waals surface area contributed by atoms with Gasteiger partial charge in [-0.1, -0.05) is 15.9 Å². The average molecular weight is 256 g/mol. The Labute approximate surface area is 92.7 Å². The summed E-state index contributed by atoms with van der Waals surface area (Å²) >= 11 is 3.62. The van der Waals surface area contributed by atoms with Crippen LogP contribution in [0.4, 0.5) is 5.82 Å². The molecule has 0 aliphatic carbocycles. The quantitative estimate of drug-likeness (QED) is 0.720. The van der Waals surface area contributed by atoms with Crippen LogP contribution in [0, 0.1) is 13.8 Å². The Bertz CT molecular complexity index is 340. The topological polar surface area (TPSA) is 29.0 Å². The molecule has 0 radical (unpaired) electrons. The molecule has 1 atom stereocenters. The highest BCUT2D eigenvalue weighted by molar-refractivity contribution is 9.09. The number of hydrogen-bond donors (Lipinski definition) is 0. The van der Waals surface area contributed by atoms with Crippen LogP contribution in [0.15, 0.2) is 6.20 Å². The molecule has 1 fully saturated rings. The first kappa shape index (κ1) is 9.90. The summed E-state index contributed by atoms with van der Waals surface area (Å²) in [4.78, 5) is 11.7. The molecule has 1 aromatic rings. The first-order valence-electron chi connectivity index (χ1n) is 4.86. The van der Waals surface area contributed by atoms with Crippen LogP contribution in [0.5, 0.6) is 0 Å². The molecular weight excluding hydrogens is 242 g/mol. The molecule has 1 unspecified atom stereocenters. The van der Waals surface area contributed by atoms with Gasteiger partial charge in [-0.15, -0.1) is 0 Å². The van der Waals surface area contributed by atoms with Gasteiger partial charge in [-0.05, 0) is 20.3 Å². The van der Waals surface area contributed by atoms with Crippen molar-refractivity contribution in [3.8, 4) is 0 Å². The number of anilines is 1. The van der Waals surface area contributed by atoms with Gasteiger partial charge in [0.2, 0.25) is 0 Å². The molecule has 0 saturated carbocycles. The third-order valence-electron chi connectivity index (χ3n) is 2.63. The second-order valence-corrected chi connectivity index (χ2v) is 5.03. The van der Waals surface area contributed by atoms with Crippen LogP contribution in [0.1, 0.15) is 17.8 Å². The molecule has 4 heteroatoms. The lowest BCUT2D eigenvalue weighted by Crippen LogP contribution is -2.21. The van der Waals surface area contributed by atoms with Gasteiger partial charge in [0.25, 0.3) is 0 Å². The van der Waals surface area contributed by atoms with Crippen LogP contribution in [-0.2, 0) is 0 Å². The highest BCUT2D eigenvalue weighted by atomic mass is 79.9. The molecule has 14 heavy (non-hydrogen) atoms. The van der Waals surface area contributed by atoms with Crippen molar-refractivity contribution in [2.75, 3.05) is 18.0 Å². The highest BCUT2D eigenvalue weighted by Crippen LogP contribution is 2.22. The van der Waals surface area contributed by atoms with Crippen molar-refractivity contribution < 1.29 is 0 Å². The number of alkyl halides is 1. The van der Waals surface area contributed by atoms with Crippen molar-refractivity contribution in [2.45, 2.75) is 25.1 Å². The molecule has 0 bridgehead atoms. The van der Waals surface area contributed by atoms with E-state index in [1.165, 1.54) is 6.42 Å².